The summed E-state index contributed by atoms with van der Waals surface area (Å²) in [6.45, 7) is 2.37. The van der Waals surface area contributed by atoms with E-state index < -0.39 is 5.97 Å². The van der Waals surface area contributed by atoms with Crippen LogP contribution in [0.1, 0.15) is 41.6 Å². The molecule has 1 fully saturated rings. The van der Waals surface area contributed by atoms with Gasteiger partial charge in [-0.3, -0.25) is 9.59 Å². The van der Waals surface area contributed by atoms with Crippen molar-refractivity contribution >= 4 is 27.8 Å². The molecule has 1 aromatic carbocycles. The summed E-state index contributed by atoms with van der Waals surface area (Å²) in [6.07, 6.45) is 2.92. The maximum atomic E-state index is 12.1. The van der Waals surface area contributed by atoms with E-state index in [1.807, 2.05) is 19.1 Å². The number of aliphatic carboxylic acids is 1. The van der Waals surface area contributed by atoms with Gasteiger partial charge in [-0.15, -0.1) is 0 Å². The van der Waals surface area contributed by atoms with Crippen molar-refractivity contribution in [2.45, 2.75) is 32.6 Å². The molecule has 2 N–H and O–H groups in total. The molecule has 1 saturated carbocycles. The molecule has 0 heterocycles. The number of carboxylic acids is 1. The number of nitrogens with one attached hydrogen (secondary N) is 1. The first kappa shape index (κ1) is 15.0. The zero-order chi connectivity index (χ0) is 14.8. The summed E-state index contributed by atoms with van der Waals surface area (Å²) in [6, 6.07) is 5.43. The predicted octanol–water partition coefficient (Wildman–Crippen LogP) is 3.13. The van der Waals surface area contributed by atoms with E-state index in [9.17, 15) is 9.59 Å². The second kappa shape index (κ2) is 5.95. The van der Waals surface area contributed by atoms with E-state index >= 15 is 0 Å². The van der Waals surface area contributed by atoms with Gasteiger partial charge in [-0.05, 0) is 48.9 Å². The van der Waals surface area contributed by atoms with Crippen LogP contribution in [0, 0.1) is 12.3 Å². The smallest absolute Gasteiger partial charge is 0.303 e. The number of carboxylic acid groups (broad SMARTS) is 1. The van der Waals surface area contributed by atoms with Gasteiger partial charge in [0.05, 0.1) is 6.42 Å². The van der Waals surface area contributed by atoms with Crippen molar-refractivity contribution in [2.24, 2.45) is 5.41 Å². The molecule has 1 amide bonds. The maximum absolute atomic E-state index is 12.1. The Kier molecular flexibility index (Phi) is 4.48. The van der Waals surface area contributed by atoms with E-state index in [4.69, 9.17) is 5.11 Å². The Bertz CT molecular complexity index is 538. The Morgan fingerprint density at radius 1 is 1.40 bits per heavy atom. The highest BCUT2D eigenvalue weighted by atomic mass is 79.9. The zero-order valence-corrected chi connectivity index (χ0v) is 13.0. The lowest BCUT2D eigenvalue weighted by molar-refractivity contribution is -0.141. The molecule has 1 aliphatic rings. The Morgan fingerprint density at radius 2 is 2.10 bits per heavy atom. The molecule has 108 valence electrons. The van der Waals surface area contributed by atoms with Crippen LogP contribution in [0.5, 0.6) is 0 Å². The molecule has 0 radical (unpaired) electrons. The summed E-state index contributed by atoms with van der Waals surface area (Å²) >= 11 is 3.40. The monoisotopic (exact) mass is 339 g/mol. The van der Waals surface area contributed by atoms with E-state index in [0.29, 0.717) is 12.1 Å². The topological polar surface area (TPSA) is 66.4 Å². The molecule has 4 nitrogen and oxygen atoms in total. The van der Waals surface area contributed by atoms with Crippen molar-refractivity contribution in [3.05, 3.63) is 33.8 Å². The highest BCUT2D eigenvalue weighted by Crippen LogP contribution is 2.43. The SMILES string of the molecule is Cc1cc(C(=O)NCC2(CC(=O)O)CCC2)ccc1Br. The summed E-state index contributed by atoms with van der Waals surface area (Å²) in [5.74, 6) is -0.935. The maximum Gasteiger partial charge on any atom is 0.303 e. The predicted molar refractivity (Wildman–Crippen MR) is 79.7 cm³/mol. The first-order valence-corrected chi connectivity index (χ1v) is 7.47. The number of rotatable bonds is 5. The second-order valence-electron chi connectivity index (χ2n) is 5.57. The number of aryl methyl sites for hydroxylation is 1. The highest BCUT2D eigenvalue weighted by Gasteiger charge is 2.39. The quantitative estimate of drug-likeness (QED) is 0.865. The largest absolute Gasteiger partial charge is 0.481 e. The molecule has 5 heteroatoms. The normalized spacial score (nSPS) is 16.3. The number of hydrogen-bond acceptors (Lipinski definition) is 2. The fourth-order valence-electron chi connectivity index (χ4n) is 2.57. The third-order valence-electron chi connectivity index (χ3n) is 3.98. The van der Waals surface area contributed by atoms with Crippen LogP contribution < -0.4 is 5.32 Å². The van der Waals surface area contributed by atoms with Crippen LogP contribution in [-0.2, 0) is 4.79 Å². The van der Waals surface area contributed by atoms with Crippen molar-refractivity contribution in [1.29, 1.82) is 0 Å². The molecule has 0 aromatic heterocycles. The van der Waals surface area contributed by atoms with Gasteiger partial charge in [0.2, 0.25) is 0 Å². The average Bonchev–Trinajstić information content (AvgIpc) is 2.35. The minimum Gasteiger partial charge on any atom is -0.481 e. The van der Waals surface area contributed by atoms with Gasteiger partial charge in [-0.1, -0.05) is 22.4 Å². The molecule has 0 aliphatic heterocycles. The summed E-state index contributed by atoms with van der Waals surface area (Å²) in [7, 11) is 0. The van der Waals surface area contributed by atoms with Crippen LogP contribution in [0.3, 0.4) is 0 Å². The highest BCUT2D eigenvalue weighted by molar-refractivity contribution is 9.10. The molecule has 1 aliphatic carbocycles. The molecular weight excluding hydrogens is 322 g/mol. The Balaban J connectivity index is 1.97. The number of halogens is 1. The molecular formula is C15H18BrNO3. The second-order valence-corrected chi connectivity index (χ2v) is 6.43. The van der Waals surface area contributed by atoms with Gasteiger partial charge in [-0.25, -0.2) is 0 Å². The minimum absolute atomic E-state index is 0.132. The fraction of sp³-hybridized carbons (Fsp3) is 0.467. The zero-order valence-electron chi connectivity index (χ0n) is 11.4. The molecule has 20 heavy (non-hydrogen) atoms. The van der Waals surface area contributed by atoms with Crippen LogP contribution in [0.25, 0.3) is 0 Å². The standard InChI is InChI=1S/C15H18BrNO3/c1-10-7-11(3-4-12(10)16)14(20)17-9-15(5-2-6-15)8-13(18)19/h3-4,7H,2,5-6,8-9H2,1H3,(H,17,20)(H,18,19). The number of hydrogen-bond donors (Lipinski definition) is 2. The minimum atomic E-state index is -0.793. The molecule has 2 rings (SSSR count). The van der Waals surface area contributed by atoms with E-state index in [0.717, 1.165) is 29.3 Å². The van der Waals surface area contributed by atoms with E-state index in [1.54, 1.807) is 6.07 Å². The van der Waals surface area contributed by atoms with Crippen molar-refractivity contribution in [2.75, 3.05) is 6.54 Å². The fourth-order valence-corrected chi connectivity index (χ4v) is 2.82. The van der Waals surface area contributed by atoms with Gasteiger partial charge < -0.3 is 10.4 Å². The van der Waals surface area contributed by atoms with E-state index in [-0.39, 0.29) is 17.7 Å². The van der Waals surface area contributed by atoms with Crippen molar-refractivity contribution in [3.8, 4) is 0 Å². The van der Waals surface area contributed by atoms with Gasteiger partial charge in [0, 0.05) is 16.6 Å². The average molecular weight is 340 g/mol. The summed E-state index contributed by atoms with van der Waals surface area (Å²) in [5, 5.41) is 11.8. The third-order valence-corrected chi connectivity index (χ3v) is 4.87. The lowest BCUT2D eigenvalue weighted by atomic mass is 9.66. The third kappa shape index (κ3) is 3.39. The molecule has 0 unspecified atom stereocenters. The molecule has 0 saturated heterocycles. The van der Waals surface area contributed by atoms with Crippen LogP contribution in [-0.4, -0.2) is 23.5 Å². The number of amides is 1. The van der Waals surface area contributed by atoms with Gasteiger partial charge in [0.1, 0.15) is 0 Å². The Labute approximate surface area is 126 Å². The van der Waals surface area contributed by atoms with E-state index in [2.05, 4.69) is 21.2 Å². The van der Waals surface area contributed by atoms with Gasteiger partial charge in [-0.2, -0.15) is 0 Å². The number of carbonyl (C=O) groups is 2. The number of carbonyl (C=O) groups excluding carboxylic acids is 1. The molecule has 1 aromatic rings. The van der Waals surface area contributed by atoms with Crippen LogP contribution in [0.4, 0.5) is 0 Å². The van der Waals surface area contributed by atoms with Crippen LogP contribution in [0.15, 0.2) is 22.7 Å². The van der Waals surface area contributed by atoms with Crippen molar-refractivity contribution in [1.82, 2.24) is 5.32 Å². The van der Waals surface area contributed by atoms with Gasteiger partial charge >= 0.3 is 5.97 Å². The number of benzene rings is 1. The summed E-state index contributed by atoms with van der Waals surface area (Å²) in [4.78, 5) is 23.0. The van der Waals surface area contributed by atoms with Gasteiger partial charge in [0.25, 0.3) is 5.91 Å². The molecule has 0 spiro atoms. The first-order chi connectivity index (χ1) is 9.42. The van der Waals surface area contributed by atoms with Crippen molar-refractivity contribution in [3.63, 3.8) is 0 Å². The van der Waals surface area contributed by atoms with Crippen LogP contribution in [0.2, 0.25) is 0 Å². The molecule has 0 atom stereocenters. The summed E-state index contributed by atoms with van der Waals surface area (Å²) in [5.41, 5.74) is 1.36. The Hall–Kier alpha value is -1.36. The lowest BCUT2D eigenvalue weighted by Gasteiger charge is -2.40. The first-order valence-electron chi connectivity index (χ1n) is 6.68. The molecule has 0 bridgehead atoms. The van der Waals surface area contributed by atoms with E-state index in [1.165, 1.54) is 0 Å². The lowest BCUT2D eigenvalue weighted by Crippen LogP contribution is -2.43. The van der Waals surface area contributed by atoms with Gasteiger partial charge in [0.15, 0.2) is 0 Å². The van der Waals surface area contributed by atoms with Crippen LogP contribution >= 0.6 is 15.9 Å². The summed E-state index contributed by atoms with van der Waals surface area (Å²) < 4.78 is 0.968. The van der Waals surface area contributed by atoms with Crippen molar-refractivity contribution < 1.29 is 14.7 Å². The Morgan fingerprint density at radius 3 is 2.60 bits per heavy atom.